The summed E-state index contributed by atoms with van der Waals surface area (Å²) in [6.07, 6.45) is 7.03. The molecular weight excluding hydrogens is 224 g/mol. The topological polar surface area (TPSA) is 24.5 Å². The first-order valence-corrected chi connectivity index (χ1v) is 7.64. The van der Waals surface area contributed by atoms with Gasteiger partial charge in [0.25, 0.3) is 0 Å². The van der Waals surface area contributed by atoms with Crippen LogP contribution in [0, 0.1) is 5.92 Å². The van der Waals surface area contributed by atoms with Crippen molar-refractivity contribution in [3.05, 3.63) is 0 Å². The van der Waals surface area contributed by atoms with Crippen LogP contribution in [0.25, 0.3) is 0 Å². The van der Waals surface area contributed by atoms with Crippen LogP contribution >= 0.6 is 0 Å². The Morgan fingerprint density at radius 3 is 2.50 bits per heavy atom. The molecule has 0 spiro atoms. The molecule has 2 heterocycles. The molecule has 106 valence electrons. The van der Waals surface area contributed by atoms with Crippen molar-refractivity contribution in [1.29, 1.82) is 0 Å². The Morgan fingerprint density at radius 2 is 1.94 bits per heavy atom. The van der Waals surface area contributed by atoms with Crippen LogP contribution in [-0.2, 0) is 4.74 Å². The van der Waals surface area contributed by atoms with Gasteiger partial charge >= 0.3 is 0 Å². The molecule has 0 aromatic rings. The van der Waals surface area contributed by atoms with Gasteiger partial charge in [0.1, 0.15) is 0 Å². The first-order valence-electron chi connectivity index (χ1n) is 7.64. The third kappa shape index (κ3) is 4.22. The monoisotopic (exact) mass is 254 g/mol. The highest BCUT2D eigenvalue weighted by Crippen LogP contribution is 2.30. The van der Waals surface area contributed by atoms with Gasteiger partial charge in [-0.2, -0.15) is 0 Å². The molecule has 0 amide bonds. The lowest BCUT2D eigenvalue weighted by atomic mass is 9.93. The van der Waals surface area contributed by atoms with Gasteiger partial charge in [0, 0.05) is 6.54 Å². The lowest BCUT2D eigenvalue weighted by Crippen LogP contribution is -2.39. The Balaban J connectivity index is 1.65. The van der Waals surface area contributed by atoms with Gasteiger partial charge in [0.2, 0.25) is 0 Å². The minimum atomic E-state index is 0.121. The van der Waals surface area contributed by atoms with Gasteiger partial charge < -0.3 is 15.0 Å². The Hall–Kier alpha value is -0.120. The average Bonchev–Trinajstić information content (AvgIpc) is 2.68. The van der Waals surface area contributed by atoms with E-state index in [9.17, 15) is 0 Å². The summed E-state index contributed by atoms with van der Waals surface area (Å²) >= 11 is 0. The summed E-state index contributed by atoms with van der Waals surface area (Å²) in [4.78, 5) is 2.61. The molecule has 0 bridgehead atoms. The Kier molecular flexibility index (Phi) is 5.05. The number of likely N-dealkylation sites (tertiary alicyclic amines) is 1. The molecule has 2 aliphatic heterocycles. The SMILES string of the molecule is CNCCC1CCN(CC2CCC(C)(C)O2)CC1. The molecule has 0 aromatic heterocycles. The van der Waals surface area contributed by atoms with Gasteiger partial charge in [-0.1, -0.05) is 0 Å². The number of hydrogen-bond acceptors (Lipinski definition) is 3. The van der Waals surface area contributed by atoms with Crippen LogP contribution in [0.1, 0.15) is 46.0 Å². The zero-order valence-corrected chi connectivity index (χ0v) is 12.4. The van der Waals surface area contributed by atoms with E-state index in [4.69, 9.17) is 4.74 Å². The van der Waals surface area contributed by atoms with Crippen molar-refractivity contribution in [3.63, 3.8) is 0 Å². The van der Waals surface area contributed by atoms with Crippen molar-refractivity contribution in [2.45, 2.75) is 57.7 Å². The molecule has 0 radical (unpaired) electrons. The average molecular weight is 254 g/mol. The summed E-state index contributed by atoms with van der Waals surface area (Å²) in [7, 11) is 2.05. The van der Waals surface area contributed by atoms with E-state index in [0.717, 1.165) is 12.5 Å². The number of piperidine rings is 1. The Morgan fingerprint density at radius 1 is 1.22 bits per heavy atom. The highest BCUT2D eigenvalue weighted by atomic mass is 16.5. The second-order valence-corrected chi connectivity index (χ2v) is 6.67. The number of rotatable bonds is 5. The fourth-order valence-corrected chi connectivity index (χ4v) is 3.30. The van der Waals surface area contributed by atoms with E-state index in [1.54, 1.807) is 0 Å². The summed E-state index contributed by atoms with van der Waals surface area (Å²) < 4.78 is 6.09. The Bertz CT molecular complexity index is 247. The first kappa shape index (κ1) is 14.3. The maximum atomic E-state index is 6.09. The molecule has 2 fully saturated rings. The summed E-state index contributed by atoms with van der Waals surface area (Å²) in [5, 5.41) is 3.26. The van der Waals surface area contributed by atoms with Crippen molar-refractivity contribution in [3.8, 4) is 0 Å². The third-order valence-electron chi connectivity index (χ3n) is 4.53. The summed E-state index contributed by atoms with van der Waals surface area (Å²) in [5.74, 6) is 0.939. The van der Waals surface area contributed by atoms with Crippen molar-refractivity contribution in [2.24, 2.45) is 5.92 Å². The van der Waals surface area contributed by atoms with E-state index in [2.05, 4.69) is 24.1 Å². The third-order valence-corrected chi connectivity index (χ3v) is 4.53. The van der Waals surface area contributed by atoms with Crippen LogP contribution in [0.3, 0.4) is 0 Å². The van der Waals surface area contributed by atoms with Crippen LogP contribution in [0.5, 0.6) is 0 Å². The molecule has 0 saturated carbocycles. The van der Waals surface area contributed by atoms with Crippen LogP contribution < -0.4 is 5.32 Å². The molecule has 0 aliphatic carbocycles. The molecule has 2 rings (SSSR count). The highest BCUT2D eigenvalue weighted by molar-refractivity contribution is 4.84. The second-order valence-electron chi connectivity index (χ2n) is 6.67. The zero-order valence-electron chi connectivity index (χ0n) is 12.4. The van der Waals surface area contributed by atoms with Crippen LogP contribution in [-0.4, -0.2) is 49.8 Å². The van der Waals surface area contributed by atoms with Crippen molar-refractivity contribution in [1.82, 2.24) is 10.2 Å². The van der Waals surface area contributed by atoms with E-state index in [-0.39, 0.29) is 5.60 Å². The maximum absolute atomic E-state index is 6.09. The van der Waals surface area contributed by atoms with Gasteiger partial charge in [0.15, 0.2) is 0 Å². The van der Waals surface area contributed by atoms with E-state index in [0.29, 0.717) is 6.10 Å². The fourth-order valence-electron chi connectivity index (χ4n) is 3.30. The lowest BCUT2D eigenvalue weighted by Gasteiger charge is -2.33. The van der Waals surface area contributed by atoms with Crippen molar-refractivity contribution in [2.75, 3.05) is 33.2 Å². The van der Waals surface area contributed by atoms with E-state index in [1.807, 2.05) is 7.05 Å². The Labute approximate surface area is 112 Å². The van der Waals surface area contributed by atoms with E-state index >= 15 is 0 Å². The molecule has 18 heavy (non-hydrogen) atoms. The summed E-state index contributed by atoms with van der Waals surface area (Å²) in [6.45, 7) is 9.31. The molecule has 1 atom stereocenters. The van der Waals surface area contributed by atoms with Gasteiger partial charge in [-0.3, -0.25) is 0 Å². The minimum Gasteiger partial charge on any atom is -0.371 e. The molecule has 1 N–H and O–H groups in total. The standard InChI is InChI=1S/C15H30N2O/c1-15(2)8-4-14(18-15)12-17-10-6-13(7-11-17)5-9-16-3/h13-14,16H,4-12H2,1-3H3. The van der Waals surface area contributed by atoms with Crippen molar-refractivity contribution >= 4 is 0 Å². The van der Waals surface area contributed by atoms with Gasteiger partial charge in [-0.25, -0.2) is 0 Å². The largest absolute Gasteiger partial charge is 0.371 e. The van der Waals surface area contributed by atoms with Gasteiger partial charge in [-0.15, -0.1) is 0 Å². The second kappa shape index (κ2) is 6.36. The summed E-state index contributed by atoms with van der Waals surface area (Å²) in [5.41, 5.74) is 0.121. The van der Waals surface area contributed by atoms with Crippen LogP contribution in [0.2, 0.25) is 0 Å². The molecule has 3 heteroatoms. The normalized spacial score (nSPS) is 29.8. The van der Waals surface area contributed by atoms with Crippen molar-refractivity contribution < 1.29 is 4.74 Å². The molecule has 0 aromatic carbocycles. The minimum absolute atomic E-state index is 0.121. The lowest BCUT2D eigenvalue weighted by molar-refractivity contribution is -0.0321. The molecule has 1 unspecified atom stereocenters. The smallest absolute Gasteiger partial charge is 0.0710 e. The zero-order chi connectivity index (χ0) is 13.0. The van der Waals surface area contributed by atoms with E-state index < -0.39 is 0 Å². The molecular formula is C15H30N2O. The quantitative estimate of drug-likeness (QED) is 0.814. The van der Waals surface area contributed by atoms with Crippen LogP contribution in [0.15, 0.2) is 0 Å². The highest BCUT2D eigenvalue weighted by Gasteiger charge is 2.33. The van der Waals surface area contributed by atoms with Gasteiger partial charge in [0.05, 0.1) is 11.7 Å². The van der Waals surface area contributed by atoms with E-state index in [1.165, 1.54) is 51.7 Å². The summed E-state index contributed by atoms with van der Waals surface area (Å²) in [6, 6.07) is 0. The van der Waals surface area contributed by atoms with Crippen LogP contribution in [0.4, 0.5) is 0 Å². The first-order chi connectivity index (χ1) is 8.59. The fraction of sp³-hybridized carbons (Fsp3) is 1.00. The molecule has 3 nitrogen and oxygen atoms in total. The number of hydrogen-bond donors (Lipinski definition) is 1. The molecule has 2 aliphatic rings. The predicted molar refractivity (Wildman–Crippen MR) is 75.9 cm³/mol. The van der Waals surface area contributed by atoms with Gasteiger partial charge in [-0.05, 0) is 78.6 Å². The molecule has 2 saturated heterocycles. The predicted octanol–water partition coefficient (Wildman–Crippen LogP) is 2.27. The number of ether oxygens (including phenoxy) is 1. The maximum Gasteiger partial charge on any atom is 0.0710 e. The number of nitrogens with zero attached hydrogens (tertiary/aromatic N) is 1. The number of nitrogens with one attached hydrogen (secondary N) is 1.